The van der Waals surface area contributed by atoms with Crippen molar-refractivity contribution in [1.82, 2.24) is 0 Å². The molecule has 4 heteroatoms. The number of benzene rings is 1. The van der Waals surface area contributed by atoms with E-state index in [1.54, 1.807) is 11.8 Å². The highest BCUT2D eigenvalue weighted by Crippen LogP contribution is 2.27. The zero-order valence-electron chi connectivity index (χ0n) is 10.5. The average Bonchev–Trinajstić information content (AvgIpc) is 2.38. The van der Waals surface area contributed by atoms with E-state index in [4.69, 9.17) is 5.73 Å². The quantitative estimate of drug-likeness (QED) is 0.431. The predicted molar refractivity (Wildman–Crippen MR) is 78.9 cm³/mol. The van der Waals surface area contributed by atoms with Crippen LogP contribution >= 0.6 is 11.8 Å². The van der Waals surface area contributed by atoms with E-state index in [1.807, 2.05) is 30.3 Å². The standard InChI is InChI=1S/C14H20N2OS/c1-2-11-18-13-8-4-3-7-12(13)16-14(17)9-5-6-10-15/h2-4,7-8H,1,5-6,9-11,15H2,(H,16,17). The van der Waals surface area contributed by atoms with Gasteiger partial charge >= 0.3 is 0 Å². The molecule has 1 aromatic rings. The lowest BCUT2D eigenvalue weighted by molar-refractivity contribution is -0.116. The van der Waals surface area contributed by atoms with Gasteiger partial charge in [-0.15, -0.1) is 18.3 Å². The number of carbonyl (C=O) groups excluding carboxylic acids is 1. The van der Waals surface area contributed by atoms with E-state index in [9.17, 15) is 4.79 Å². The number of anilines is 1. The van der Waals surface area contributed by atoms with Gasteiger partial charge in [-0.1, -0.05) is 18.2 Å². The highest BCUT2D eigenvalue weighted by molar-refractivity contribution is 7.99. The summed E-state index contributed by atoms with van der Waals surface area (Å²) in [4.78, 5) is 12.8. The molecular formula is C14H20N2OS. The molecule has 1 amide bonds. The lowest BCUT2D eigenvalue weighted by Crippen LogP contribution is -2.12. The lowest BCUT2D eigenvalue weighted by atomic mass is 10.2. The molecule has 1 aromatic carbocycles. The number of carbonyl (C=O) groups is 1. The molecule has 0 spiro atoms. The maximum Gasteiger partial charge on any atom is 0.224 e. The topological polar surface area (TPSA) is 55.1 Å². The van der Waals surface area contributed by atoms with Gasteiger partial charge in [0.2, 0.25) is 5.91 Å². The second-order valence-electron chi connectivity index (χ2n) is 3.89. The Morgan fingerprint density at radius 3 is 2.89 bits per heavy atom. The number of nitrogens with two attached hydrogens (primary N) is 1. The molecule has 98 valence electrons. The summed E-state index contributed by atoms with van der Waals surface area (Å²) in [6.07, 6.45) is 4.10. The van der Waals surface area contributed by atoms with Gasteiger partial charge in [0, 0.05) is 17.1 Å². The lowest BCUT2D eigenvalue weighted by Gasteiger charge is -2.09. The van der Waals surface area contributed by atoms with E-state index in [2.05, 4.69) is 11.9 Å². The molecule has 0 aliphatic rings. The summed E-state index contributed by atoms with van der Waals surface area (Å²) in [6.45, 7) is 4.33. The van der Waals surface area contributed by atoms with Crippen LogP contribution in [0.25, 0.3) is 0 Å². The minimum atomic E-state index is 0.0510. The van der Waals surface area contributed by atoms with Gasteiger partial charge in [0.1, 0.15) is 0 Å². The van der Waals surface area contributed by atoms with Crippen LogP contribution in [0.15, 0.2) is 41.8 Å². The number of nitrogens with one attached hydrogen (secondary N) is 1. The zero-order valence-corrected chi connectivity index (χ0v) is 11.3. The van der Waals surface area contributed by atoms with Crippen molar-refractivity contribution in [3.05, 3.63) is 36.9 Å². The van der Waals surface area contributed by atoms with Gasteiger partial charge in [-0.2, -0.15) is 0 Å². The Kier molecular flexibility index (Phi) is 7.22. The summed E-state index contributed by atoms with van der Waals surface area (Å²) >= 11 is 1.66. The van der Waals surface area contributed by atoms with E-state index >= 15 is 0 Å². The number of rotatable bonds is 8. The molecule has 0 atom stereocenters. The number of hydrogen-bond acceptors (Lipinski definition) is 3. The summed E-state index contributed by atoms with van der Waals surface area (Å²) in [5.74, 6) is 0.884. The van der Waals surface area contributed by atoms with Crippen molar-refractivity contribution in [3.63, 3.8) is 0 Å². The molecule has 0 unspecified atom stereocenters. The van der Waals surface area contributed by atoms with E-state index in [-0.39, 0.29) is 5.91 Å². The third kappa shape index (κ3) is 5.38. The molecule has 1 rings (SSSR count). The van der Waals surface area contributed by atoms with E-state index < -0.39 is 0 Å². The smallest absolute Gasteiger partial charge is 0.224 e. The number of hydrogen-bond donors (Lipinski definition) is 2. The SMILES string of the molecule is C=CCSc1ccccc1NC(=O)CCCCN. The summed E-state index contributed by atoms with van der Waals surface area (Å²) in [7, 11) is 0. The maximum absolute atomic E-state index is 11.7. The Labute approximate surface area is 113 Å². The van der Waals surface area contributed by atoms with Gasteiger partial charge in [0.25, 0.3) is 0 Å². The summed E-state index contributed by atoms with van der Waals surface area (Å²) in [5, 5.41) is 2.94. The number of para-hydroxylation sites is 1. The van der Waals surface area contributed by atoms with Gasteiger partial charge in [-0.05, 0) is 31.5 Å². The Morgan fingerprint density at radius 2 is 2.17 bits per heavy atom. The predicted octanol–water partition coefficient (Wildman–Crippen LogP) is 3.03. The van der Waals surface area contributed by atoms with Crippen LogP contribution in [0.2, 0.25) is 0 Å². The fourth-order valence-corrected chi connectivity index (χ4v) is 2.23. The first-order chi connectivity index (χ1) is 8.77. The number of amides is 1. The molecule has 0 heterocycles. The molecular weight excluding hydrogens is 244 g/mol. The number of unbranched alkanes of at least 4 members (excludes halogenated alkanes) is 1. The van der Waals surface area contributed by atoms with Crippen molar-refractivity contribution in [2.24, 2.45) is 5.73 Å². The molecule has 0 aliphatic carbocycles. The third-order valence-corrected chi connectivity index (χ3v) is 3.45. The van der Waals surface area contributed by atoms with E-state index in [1.165, 1.54) is 0 Å². The fraction of sp³-hybridized carbons (Fsp3) is 0.357. The Balaban J connectivity index is 2.54. The zero-order chi connectivity index (χ0) is 13.2. The van der Waals surface area contributed by atoms with Gasteiger partial charge in [-0.25, -0.2) is 0 Å². The highest BCUT2D eigenvalue weighted by Gasteiger charge is 2.06. The Bertz CT molecular complexity index is 393. The third-order valence-electron chi connectivity index (χ3n) is 2.38. The van der Waals surface area contributed by atoms with Crippen molar-refractivity contribution < 1.29 is 4.79 Å². The molecule has 0 saturated carbocycles. The molecule has 0 saturated heterocycles. The molecule has 0 bridgehead atoms. The first-order valence-electron chi connectivity index (χ1n) is 6.10. The van der Waals surface area contributed by atoms with Crippen molar-refractivity contribution in [2.45, 2.75) is 24.2 Å². The van der Waals surface area contributed by atoms with Gasteiger partial charge in [-0.3, -0.25) is 4.79 Å². The van der Waals surface area contributed by atoms with Gasteiger partial charge < -0.3 is 11.1 Å². The fourth-order valence-electron chi connectivity index (χ4n) is 1.49. The molecule has 18 heavy (non-hydrogen) atoms. The number of thioether (sulfide) groups is 1. The van der Waals surface area contributed by atoms with Crippen LogP contribution < -0.4 is 11.1 Å². The van der Waals surface area contributed by atoms with Crippen LogP contribution in [0.4, 0.5) is 5.69 Å². The molecule has 0 fully saturated rings. The second kappa shape index (κ2) is 8.78. The minimum absolute atomic E-state index is 0.0510. The van der Waals surface area contributed by atoms with Crippen molar-refractivity contribution >= 4 is 23.4 Å². The second-order valence-corrected chi connectivity index (χ2v) is 4.95. The molecule has 3 N–H and O–H groups in total. The van der Waals surface area contributed by atoms with Crippen molar-refractivity contribution in [3.8, 4) is 0 Å². The highest BCUT2D eigenvalue weighted by atomic mass is 32.2. The van der Waals surface area contributed by atoms with Crippen LogP contribution in [-0.2, 0) is 4.79 Å². The molecule has 0 aliphatic heterocycles. The monoisotopic (exact) mass is 264 g/mol. The summed E-state index contributed by atoms with van der Waals surface area (Å²) in [6, 6.07) is 7.82. The van der Waals surface area contributed by atoms with Crippen molar-refractivity contribution in [2.75, 3.05) is 17.6 Å². The average molecular weight is 264 g/mol. The summed E-state index contributed by atoms with van der Waals surface area (Å²) in [5.41, 5.74) is 6.28. The van der Waals surface area contributed by atoms with Crippen molar-refractivity contribution in [1.29, 1.82) is 0 Å². The van der Waals surface area contributed by atoms with Crippen LogP contribution in [0, 0.1) is 0 Å². The molecule has 0 radical (unpaired) electrons. The van der Waals surface area contributed by atoms with Crippen LogP contribution in [0.3, 0.4) is 0 Å². The van der Waals surface area contributed by atoms with E-state index in [0.29, 0.717) is 13.0 Å². The summed E-state index contributed by atoms with van der Waals surface area (Å²) < 4.78 is 0. The van der Waals surface area contributed by atoms with Gasteiger partial charge in [0.15, 0.2) is 0 Å². The molecule has 3 nitrogen and oxygen atoms in total. The Morgan fingerprint density at radius 1 is 1.39 bits per heavy atom. The first kappa shape index (κ1) is 14.8. The molecule has 0 aromatic heterocycles. The van der Waals surface area contributed by atoms with Crippen LogP contribution in [0.1, 0.15) is 19.3 Å². The minimum Gasteiger partial charge on any atom is -0.330 e. The maximum atomic E-state index is 11.7. The van der Waals surface area contributed by atoms with Crippen LogP contribution in [-0.4, -0.2) is 18.2 Å². The first-order valence-corrected chi connectivity index (χ1v) is 7.09. The van der Waals surface area contributed by atoms with Crippen LogP contribution in [0.5, 0.6) is 0 Å². The largest absolute Gasteiger partial charge is 0.330 e. The normalized spacial score (nSPS) is 10.1. The Hall–Kier alpha value is -1.26. The van der Waals surface area contributed by atoms with Gasteiger partial charge in [0.05, 0.1) is 5.69 Å². The van der Waals surface area contributed by atoms with E-state index in [0.717, 1.165) is 29.2 Å².